The number of likely N-dealkylation sites (tertiary alicyclic amines) is 1. The molecule has 1 aromatic carbocycles. The minimum atomic E-state index is -0.372. The number of amides is 1. The van der Waals surface area contributed by atoms with Crippen LogP contribution in [-0.2, 0) is 4.79 Å². The van der Waals surface area contributed by atoms with E-state index in [1.165, 1.54) is 5.56 Å². The highest BCUT2D eigenvalue weighted by molar-refractivity contribution is 5.85. The van der Waals surface area contributed by atoms with Crippen LogP contribution in [0.2, 0.25) is 0 Å². The zero-order valence-electron chi connectivity index (χ0n) is 10.7. The molecule has 18 heavy (non-hydrogen) atoms. The molecule has 0 aliphatic carbocycles. The molecule has 0 bridgehead atoms. The number of piperidine rings is 1. The third-order valence-electron chi connectivity index (χ3n) is 3.47. The lowest BCUT2D eigenvalue weighted by Gasteiger charge is -2.33. The zero-order valence-corrected chi connectivity index (χ0v) is 11.5. The van der Waals surface area contributed by atoms with Gasteiger partial charge in [-0.1, -0.05) is 30.3 Å². The number of hydrogen-bond acceptors (Lipinski definition) is 2. The lowest BCUT2D eigenvalue weighted by Crippen LogP contribution is -2.45. The number of carbonyl (C=O) groups is 1. The van der Waals surface area contributed by atoms with Crippen molar-refractivity contribution in [2.75, 3.05) is 13.1 Å². The van der Waals surface area contributed by atoms with Crippen molar-refractivity contribution in [1.82, 2.24) is 4.90 Å². The molecule has 0 unspecified atom stereocenters. The molecule has 1 saturated heterocycles. The van der Waals surface area contributed by atoms with Crippen LogP contribution in [0.3, 0.4) is 0 Å². The van der Waals surface area contributed by atoms with Crippen LogP contribution in [0.25, 0.3) is 0 Å². The molecule has 0 radical (unpaired) electrons. The highest BCUT2D eigenvalue weighted by Gasteiger charge is 2.24. The fourth-order valence-corrected chi connectivity index (χ4v) is 2.45. The van der Waals surface area contributed by atoms with Crippen LogP contribution in [-0.4, -0.2) is 29.9 Å². The summed E-state index contributed by atoms with van der Waals surface area (Å²) >= 11 is 0. The van der Waals surface area contributed by atoms with E-state index in [4.69, 9.17) is 5.73 Å². The molecule has 1 heterocycles. The molecule has 100 valence electrons. The molecule has 1 aromatic rings. The van der Waals surface area contributed by atoms with Gasteiger partial charge in [0.2, 0.25) is 5.91 Å². The third kappa shape index (κ3) is 3.47. The quantitative estimate of drug-likeness (QED) is 0.894. The fraction of sp³-hybridized carbons (Fsp3) is 0.500. The van der Waals surface area contributed by atoms with Crippen LogP contribution in [0.1, 0.15) is 31.2 Å². The van der Waals surface area contributed by atoms with E-state index in [0.29, 0.717) is 5.92 Å². The van der Waals surface area contributed by atoms with Crippen LogP contribution in [0, 0.1) is 0 Å². The summed E-state index contributed by atoms with van der Waals surface area (Å²) < 4.78 is 0. The number of rotatable bonds is 2. The molecule has 2 N–H and O–H groups in total. The van der Waals surface area contributed by atoms with Crippen LogP contribution in [0.4, 0.5) is 0 Å². The molecule has 1 atom stereocenters. The number of nitrogens with two attached hydrogens (primary N) is 1. The summed E-state index contributed by atoms with van der Waals surface area (Å²) in [5, 5.41) is 0. The molecular formula is C14H21ClN2O. The number of halogens is 1. The maximum Gasteiger partial charge on any atom is 0.239 e. The number of hydrogen-bond donors (Lipinski definition) is 1. The maximum atomic E-state index is 11.7. The van der Waals surface area contributed by atoms with Gasteiger partial charge >= 0.3 is 0 Å². The first-order valence-corrected chi connectivity index (χ1v) is 6.28. The van der Waals surface area contributed by atoms with Gasteiger partial charge in [-0.2, -0.15) is 0 Å². The van der Waals surface area contributed by atoms with E-state index in [9.17, 15) is 4.79 Å². The first kappa shape index (κ1) is 15.0. The van der Waals surface area contributed by atoms with E-state index in [0.717, 1.165) is 25.9 Å². The predicted molar refractivity (Wildman–Crippen MR) is 75.9 cm³/mol. The van der Waals surface area contributed by atoms with E-state index < -0.39 is 0 Å². The summed E-state index contributed by atoms with van der Waals surface area (Å²) in [4.78, 5) is 13.6. The van der Waals surface area contributed by atoms with Gasteiger partial charge in [-0.15, -0.1) is 12.4 Å². The van der Waals surface area contributed by atoms with Crippen molar-refractivity contribution in [1.29, 1.82) is 0 Å². The summed E-state index contributed by atoms with van der Waals surface area (Å²) in [6.45, 7) is 3.42. The molecule has 3 nitrogen and oxygen atoms in total. The van der Waals surface area contributed by atoms with Crippen molar-refractivity contribution in [3.63, 3.8) is 0 Å². The van der Waals surface area contributed by atoms with Crippen molar-refractivity contribution in [2.45, 2.75) is 31.7 Å². The topological polar surface area (TPSA) is 46.3 Å². The summed E-state index contributed by atoms with van der Waals surface area (Å²) in [6, 6.07) is 10.2. The van der Waals surface area contributed by atoms with E-state index in [2.05, 4.69) is 24.3 Å². The van der Waals surface area contributed by atoms with E-state index in [1.807, 2.05) is 11.0 Å². The highest BCUT2D eigenvalue weighted by atomic mass is 35.5. The van der Waals surface area contributed by atoms with Gasteiger partial charge in [0.1, 0.15) is 0 Å². The maximum absolute atomic E-state index is 11.7. The van der Waals surface area contributed by atoms with Gasteiger partial charge in [0, 0.05) is 13.1 Å². The standard InChI is InChI=1S/C14H20N2O.ClH/c1-11(15)14(17)16-9-7-13(8-10-16)12-5-3-2-4-6-12;/h2-6,11,13H,7-10,15H2,1H3;1H/t11-;/m0./s1. The lowest BCUT2D eigenvalue weighted by molar-refractivity contribution is -0.133. The Labute approximate surface area is 115 Å². The first-order chi connectivity index (χ1) is 8.18. The largest absolute Gasteiger partial charge is 0.341 e. The monoisotopic (exact) mass is 268 g/mol. The van der Waals surface area contributed by atoms with Gasteiger partial charge in [0.15, 0.2) is 0 Å². The smallest absolute Gasteiger partial charge is 0.239 e. The summed E-state index contributed by atoms with van der Waals surface area (Å²) in [7, 11) is 0. The normalized spacial score (nSPS) is 18.0. The second-order valence-electron chi connectivity index (χ2n) is 4.80. The van der Waals surface area contributed by atoms with E-state index in [-0.39, 0.29) is 24.4 Å². The van der Waals surface area contributed by atoms with Crippen LogP contribution < -0.4 is 5.73 Å². The van der Waals surface area contributed by atoms with Crippen molar-refractivity contribution in [2.24, 2.45) is 5.73 Å². The SMILES string of the molecule is C[C@H](N)C(=O)N1CCC(c2ccccc2)CC1.Cl. The molecule has 1 amide bonds. The summed E-state index contributed by atoms with van der Waals surface area (Å²) in [5.41, 5.74) is 7.01. The Bertz CT molecular complexity index is 373. The zero-order chi connectivity index (χ0) is 12.3. The molecular weight excluding hydrogens is 248 g/mol. The van der Waals surface area contributed by atoms with E-state index in [1.54, 1.807) is 6.92 Å². The minimum absolute atomic E-state index is 0. The lowest BCUT2D eigenvalue weighted by atomic mass is 9.89. The van der Waals surface area contributed by atoms with Crippen LogP contribution in [0.5, 0.6) is 0 Å². The fourth-order valence-electron chi connectivity index (χ4n) is 2.45. The molecule has 1 aliphatic heterocycles. The van der Waals surface area contributed by atoms with Crippen molar-refractivity contribution in [3.8, 4) is 0 Å². The minimum Gasteiger partial charge on any atom is -0.341 e. The average Bonchev–Trinajstić information content (AvgIpc) is 2.39. The number of benzene rings is 1. The van der Waals surface area contributed by atoms with Gasteiger partial charge in [-0.25, -0.2) is 0 Å². The van der Waals surface area contributed by atoms with Crippen LogP contribution >= 0.6 is 12.4 Å². The average molecular weight is 269 g/mol. The van der Waals surface area contributed by atoms with Crippen LogP contribution in [0.15, 0.2) is 30.3 Å². The van der Waals surface area contributed by atoms with E-state index >= 15 is 0 Å². The second kappa shape index (κ2) is 6.76. The number of carbonyl (C=O) groups excluding carboxylic acids is 1. The molecule has 1 aliphatic rings. The second-order valence-corrected chi connectivity index (χ2v) is 4.80. The van der Waals surface area contributed by atoms with Crippen molar-refractivity contribution in [3.05, 3.63) is 35.9 Å². The Balaban J connectivity index is 0.00000162. The van der Waals surface area contributed by atoms with Crippen molar-refractivity contribution < 1.29 is 4.79 Å². The molecule has 0 saturated carbocycles. The Morgan fingerprint density at radius 1 is 1.28 bits per heavy atom. The molecule has 1 fully saturated rings. The third-order valence-corrected chi connectivity index (χ3v) is 3.47. The Kier molecular flexibility index (Phi) is 5.63. The number of nitrogens with zero attached hydrogens (tertiary/aromatic N) is 1. The van der Waals surface area contributed by atoms with Gasteiger partial charge < -0.3 is 10.6 Å². The summed E-state index contributed by atoms with van der Waals surface area (Å²) in [6.07, 6.45) is 2.09. The Hall–Kier alpha value is -1.06. The summed E-state index contributed by atoms with van der Waals surface area (Å²) in [5.74, 6) is 0.671. The van der Waals surface area contributed by atoms with Gasteiger partial charge in [-0.3, -0.25) is 4.79 Å². The molecule has 0 spiro atoms. The van der Waals surface area contributed by atoms with Gasteiger partial charge in [-0.05, 0) is 31.2 Å². The highest BCUT2D eigenvalue weighted by Crippen LogP contribution is 2.27. The molecule has 4 heteroatoms. The molecule has 2 rings (SSSR count). The van der Waals surface area contributed by atoms with Crippen molar-refractivity contribution >= 4 is 18.3 Å². The molecule has 0 aromatic heterocycles. The Morgan fingerprint density at radius 2 is 1.83 bits per heavy atom. The van der Waals surface area contributed by atoms with Gasteiger partial charge in [0.05, 0.1) is 6.04 Å². The Morgan fingerprint density at radius 3 is 2.33 bits per heavy atom. The predicted octanol–water partition coefficient (Wildman–Crippen LogP) is 2.16. The van der Waals surface area contributed by atoms with Gasteiger partial charge in [0.25, 0.3) is 0 Å². The first-order valence-electron chi connectivity index (χ1n) is 6.28.